The van der Waals surface area contributed by atoms with E-state index in [1.165, 1.54) is 11.1 Å². The van der Waals surface area contributed by atoms with E-state index in [9.17, 15) is 0 Å². The number of nitrogens with one attached hydrogen (secondary N) is 1. The highest BCUT2D eigenvalue weighted by Crippen LogP contribution is 2.20. The highest BCUT2D eigenvalue weighted by atomic mass is 32.1. The molecule has 3 heteroatoms. The summed E-state index contributed by atoms with van der Waals surface area (Å²) in [7, 11) is 0. The molecule has 1 aromatic heterocycles. The maximum absolute atomic E-state index is 9.12. The molecule has 0 spiro atoms. The summed E-state index contributed by atoms with van der Waals surface area (Å²) >= 11 is 1.57. The molecule has 1 heterocycles. The van der Waals surface area contributed by atoms with Crippen LogP contribution in [-0.4, -0.2) is 0 Å². The number of benzene rings is 1. The Balaban J connectivity index is 2.19. The lowest BCUT2D eigenvalue weighted by molar-refractivity contribution is 1.34. The molecule has 0 fully saturated rings. The molecule has 2 nitrogen and oxygen atoms in total. The van der Waals surface area contributed by atoms with Crippen molar-refractivity contribution in [2.75, 3.05) is 5.32 Å². The fourth-order valence-corrected chi connectivity index (χ4v) is 2.27. The number of thiophene rings is 1. The molecule has 90 valence electrons. The van der Waals surface area contributed by atoms with Gasteiger partial charge in [-0.15, -0.1) is 11.3 Å². The maximum atomic E-state index is 9.12. The minimum atomic E-state index is 0.656. The SMILES string of the molecule is Cc1ccc(NC=C(C#N)c2cccs2)cc1C. The van der Waals surface area contributed by atoms with Gasteiger partial charge in [0, 0.05) is 16.8 Å². The molecular formula is C15H14N2S. The van der Waals surface area contributed by atoms with Crippen LogP contribution in [0.1, 0.15) is 16.0 Å². The molecule has 0 aliphatic rings. The predicted octanol–water partition coefficient (Wildman–Crippen LogP) is 4.34. The van der Waals surface area contributed by atoms with Crippen molar-refractivity contribution in [3.63, 3.8) is 0 Å². The molecule has 1 aromatic carbocycles. The van der Waals surface area contributed by atoms with Crippen molar-refractivity contribution in [2.24, 2.45) is 0 Å². The van der Waals surface area contributed by atoms with Gasteiger partial charge in [-0.2, -0.15) is 5.26 Å². The number of nitrogens with zero attached hydrogens (tertiary/aromatic N) is 1. The molecule has 0 radical (unpaired) electrons. The summed E-state index contributed by atoms with van der Waals surface area (Å²) in [6.45, 7) is 4.16. The van der Waals surface area contributed by atoms with Gasteiger partial charge in [-0.3, -0.25) is 0 Å². The van der Waals surface area contributed by atoms with Gasteiger partial charge in [-0.25, -0.2) is 0 Å². The highest BCUT2D eigenvalue weighted by molar-refractivity contribution is 7.11. The summed E-state index contributed by atoms with van der Waals surface area (Å²) in [6.07, 6.45) is 1.76. The Morgan fingerprint density at radius 1 is 1.28 bits per heavy atom. The number of nitriles is 1. The van der Waals surface area contributed by atoms with E-state index >= 15 is 0 Å². The van der Waals surface area contributed by atoms with Crippen LogP contribution in [0.3, 0.4) is 0 Å². The van der Waals surface area contributed by atoms with Gasteiger partial charge in [-0.1, -0.05) is 12.1 Å². The van der Waals surface area contributed by atoms with E-state index in [1.54, 1.807) is 17.5 Å². The van der Waals surface area contributed by atoms with Gasteiger partial charge in [0.25, 0.3) is 0 Å². The fourth-order valence-electron chi connectivity index (χ4n) is 1.58. The van der Waals surface area contributed by atoms with Gasteiger partial charge >= 0.3 is 0 Å². The van der Waals surface area contributed by atoms with Gasteiger partial charge in [0.15, 0.2) is 0 Å². The Hall–Kier alpha value is -2.05. The van der Waals surface area contributed by atoms with Crippen LogP contribution in [0, 0.1) is 25.2 Å². The van der Waals surface area contributed by atoms with Crippen molar-refractivity contribution >= 4 is 22.6 Å². The minimum Gasteiger partial charge on any atom is -0.360 e. The second kappa shape index (κ2) is 5.52. The third-order valence-electron chi connectivity index (χ3n) is 2.80. The maximum Gasteiger partial charge on any atom is 0.102 e. The van der Waals surface area contributed by atoms with Crippen molar-refractivity contribution in [2.45, 2.75) is 13.8 Å². The molecule has 2 rings (SSSR count). The first-order valence-electron chi connectivity index (χ1n) is 5.68. The predicted molar refractivity (Wildman–Crippen MR) is 77.4 cm³/mol. The molecule has 0 aliphatic carbocycles. The average molecular weight is 254 g/mol. The van der Waals surface area contributed by atoms with Crippen molar-refractivity contribution < 1.29 is 0 Å². The van der Waals surface area contributed by atoms with Gasteiger partial charge < -0.3 is 5.32 Å². The van der Waals surface area contributed by atoms with E-state index in [2.05, 4.69) is 37.4 Å². The van der Waals surface area contributed by atoms with Crippen LogP contribution in [0.5, 0.6) is 0 Å². The molecule has 0 saturated carbocycles. The standard InChI is InChI=1S/C15H14N2S/c1-11-5-6-14(8-12(11)2)17-10-13(9-16)15-4-3-7-18-15/h3-8,10,17H,1-2H3. The molecule has 2 aromatic rings. The van der Waals surface area contributed by atoms with Gasteiger partial charge in [0.05, 0.1) is 5.57 Å². The normalized spacial score (nSPS) is 11.1. The van der Waals surface area contributed by atoms with Crippen LogP contribution in [0.15, 0.2) is 41.9 Å². The lowest BCUT2D eigenvalue weighted by Gasteiger charge is -2.05. The Bertz CT molecular complexity index is 604. The van der Waals surface area contributed by atoms with Crippen LogP contribution in [0.2, 0.25) is 0 Å². The largest absolute Gasteiger partial charge is 0.360 e. The van der Waals surface area contributed by atoms with Crippen LogP contribution in [0.4, 0.5) is 5.69 Å². The zero-order valence-electron chi connectivity index (χ0n) is 10.4. The van der Waals surface area contributed by atoms with E-state index in [0.717, 1.165) is 10.6 Å². The van der Waals surface area contributed by atoms with Crippen molar-refractivity contribution in [1.82, 2.24) is 0 Å². The topological polar surface area (TPSA) is 35.8 Å². The third-order valence-corrected chi connectivity index (χ3v) is 3.70. The second-order valence-electron chi connectivity index (χ2n) is 4.09. The van der Waals surface area contributed by atoms with Crippen LogP contribution in [0.25, 0.3) is 5.57 Å². The summed E-state index contributed by atoms with van der Waals surface area (Å²) in [5, 5.41) is 14.3. The van der Waals surface area contributed by atoms with E-state index in [1.807, 2.05) is 23.6 Å². The molecule has 0 aliphatic heterocycles. The van der Waals surface area contributed by atoms with Crippen LogP contribution in [-0.2, 0) is 0 Å². The summed E-state index contributed by atoms with van der Waals surface area (Å²) < 4.78 is 0. The number of anilines is 1. The van der Waals surface area contributed by atoms with Gasteiger partial charge in [-0.05, 0) is 48.6 Å². The average Bonchev–Trinajstić information content (AvgIpc) is 2.88. The molecular weight excluding hydrogens is 240 g/mol. The van der Waals surface area contributed by atoms with Gasteiger partial charge in [0.1, 0.15) is 6.07 Å². The number of hydrogen-bond acceptors (Lipinski definition) is 3. The molecule has 0 bridgehead atoms. The van der Waals surface area contributed by atoms with E-state index < -0.39 is 0 Å². The monoisotopic (exact) mass is 254 g/mol. The third kappa shape index (κ3) is 2.79. The van der Waals surface area contributed by atoms with E-state index in [4.69, 9.17) is 5.26 Å². The molecule has 0 amide bonds. The molecule has 18 heavy (non-hydrogen) atoms. The Kier molecular flexibility index (Phi) is 3.81. The lowest BCUT2D eigenvalue weighted by Crippen LogP contribution is -1.91. The Morgan fingerprint density at radius 2 is 2.11 bits per heavy atom. The molecule has 0 unspecified atom stereocenters. The minimum absolute atomic E-state index is 0.656. The van der Waals surface area contributed by atoms with E-state index in [-0.39, 0.29) is 0 Å². The zero-order chi connectivity index (χ0) is 13.0. The first kappa shape index (κ1) is 12.4. The summed E-state index contributed by atoms with van der Waals surface area (Å²) in [6, 6.07) is 12.3. The molecule has 1 N–H and O–H groups in total. The summed E-state index contributed by atoms with van der Waals surface area (Å²) in [4.78, 5) is 0.980. The van der Waals surface area contributed by atoms with E-state index in [0.29, 0.717) is 5.57 Å². The quantitative estimate of drug-likeness (QED) is 0.827. The first-order chi connectivity index (χ1) is 8.70. The van der Waals surface area contributed by atoms with Crippen molar-refractivity contribution in [3.05, 3.63) is 57.9 Å². The first-order valence-corrected chi connectivity index (χ1v) is 6.56. The van der Waals surface area contributed by atoms with Gasteiger partial charge in [0.2, 0.25) is 0 Å². The molecule has 0 saturated heterocycles. The number of aryl methyl sites for hydroxylation is 2. The smallest absolute Gasteiger partial charge is 0.102 e. The summed E-state index contributed by atoms with van der Waals surface area (Å²) in [5.41, 5.74) is 4.16. The van der Waals surface area contributed by atoms with Crippen molar-refractivity contribution in [3.8, 4) is 6.07 Å². The van der Waals surface area contributed by atoms with Crippen LogP contribution >= 0.6 is 11.3 Å². The lowest BCUT2D eigenvalue weighted by atomic mass is 10.1. The Morgan fingerprint density at radius 3 is 2.72 bits per heavy atom. The molecule has 0 atom stereocenters. The summed E-state index contributed by atoms with van der Waals surface area (Å²) in [5.74, 6) is 0. The fraction of sp³-hybridized carbons (Fsp3) is 0.133. The Labute approximate surface area is 111 Å². The van der Waals surface area contributed by atoms with Crippen LogP contribution < -0.4 is 5.32 Å². The number of rotatable bonds is 3. The number of hydrogen-bond donors (Lipinski definition) is 1. The van der Waals surface area contributed by atoms with Crippen molar-refractivity contribution in [1.29, 1.82) is 5.26 Å². The second-order valence-corrected chi connectivity index (χ2v) is 5.04. The zero-order valence-corrected chi connectivity index (χ0v) is 11.2. The highest BCUT2D eigenvalue weighted by Gasteiger charge is 2.01. The number of allylic oxidation sites excluding steroid dienone is 1.